The first-order valence-corrected chi connectivity index (χ1v) is 5.88. The largest absolute Gasteiger partial charge is 0.464 e. The second-order valence-corrected chi connectivity index (χ2v) is 4.08. The van der Waals surface area contributed by atoms with E-state index < -0.39 is 0 Å². The zero-order valence-electron chi connectivity index (χ0n) is 9.49. The van der Waals surface area contributed by atoms with Crippen LogP contribution in [-0.4, -0.2) is 38.3 Å². The lowest BCUT2D eigenvalue weighted by molar-refractivity contribution is 0.0594. The maximum Gasteiger partial charge on any atom is 0.357 e. The van der Waals surface area contributed by atoms with Crippen molar-refractivity contribution in [1.82, 2.24) is 10.3 Å². The van der Waals surface area contributed by atoms with Crippen molar-refractivity contribution in [2.45, 2.75) is 13.0 Å². The van der Waals surface area contributed by atoms with Gasteiger partial charge in [0.15, 0.2) is 5.69 Å². The number of methoxy groups -OCH3 is 2. The molecule has 0 amide bonds. The van der Waals surface area contributed by atoms with Gasteiger partial charge in [0.1, 0.15) is 5.01 Å². The van der Waals surface area contributed by atoms with Crippen molar-refractivity contribution in [2.24, 2.45) is 0 Å². The number of ether oxygens (including phenoxy) is 2. The van der Waals surface area contributed by atoms with Gasteiger partial charge < -0.3 is 14.8 Å². The standard InChI is InChI=1S/C10H16N2O3S/c1-14-5-3-4-11-6-9-12-8(7-16-9)10(13)15-2/h7,11H,3-6H2,1-2H3. The van der Waals surface area contributed by atoms with E-state index >= 15 is 0 Å². The molecule has 0 aromatic carbocycles. The van der Waals surface area contributed by atoms with Crippen molar-refractivity contribution < 1.29 is 14.3 Å². The van der Waals surface area contributed by atoms with Gasteiger partial charge in [0.25, 0.3) is 0 Å². The van der Waals surface area contributed by atoms with Crippen molar-refractivity contribution in [3.05, 3.63) is 16.1 Å². The van der Waals surface area contributed by atoms with Crippen LogP contribution in [-0.2, 0) is 16.0 Å². The Morgan fingerprint density at radius 1 is 1.56 bits per heavy atom. The van der Waals surface area contributed by atoms with Gasteiger partial charge in [-0.1, -0.05) is 0 Å². The van der Waals surface area contributed by atoms with E-state index in [4.69, 9.17) is 4.74 Å². The molecule has 0 fully saturated rings. The summed E-state index contributed by atoms with van der Waals surface area (Å²) in [4.78, 5) is 15.3. The van der Waals surface area contributed by atoms with E-state index in [0.717, 1.165) is 24.6 Å². The van der Waals surface area contributed by atoms with Gasteiger partial charge in [0, 0.05) is 25.6 Å². The zero-order valence-corrected chi connectivity index (χ0v) is 10.3. The Hall–Kier alpha value is -0.980. The summed E-state index contributed by atoms with van der Waals surface area (Å²) in [5.74, 6) is -0.387. The fraction of sp³-hybridized carbons (Fsp3) is 0.600. The minimum absolute atomic E-state index is 0.376. The monoisotopic (exact) mass is 244 g/mol. The fourth-order valence-electron chi connectivity index (χ4n) is 1.13. The van der Waals surface area contributed by atoms with Gasteiger partial charge in [0.2, 0.25) is 0 Å². The van der Waals surface area contributed by atoms with Gasteiger partial charge >= 0.3 is 5.97 Å². The SMILES string of the molecule is COCCCNCc1nc(C(=O)OC)cs1. The highest BCUT2D eigenvalue weighted by Gasteiger charge is 2.09. The average molecular weight is 244 g/mol. The molecule has 1 aromatic heterocycles. The number of esters is 1. The van der Waals surface area contributed by atoms with E-state index in [1.165, 1.54) is 18.4 Å². The maximum absolute atomic E-state index is 11.1. The molecule has 0 aliphatic heterocycles. The van der Waals surface area contributed by atoms with Crippen molar-refractivity contribution in [3.8, 4) is 0 Å². The first kappa shape index (κ1) is 13.1. The molecule has 6 heteroatoms. The first-order chi connectivity index (χ1) is 7.77. The molecule has 0 saturated heterocycles. The molecule has 5 nitrogen and oxygen atoms in total. The van der Waals surface area contributed by atoms with Crippen LogP contribution in [0.4, 0.5) is 0 Å². The number of hydrogen-bond donors (Lipinski definition) is 1. The number of carbonyl (C=O) groups excluding carboxylic acids is 1. The molecule has 16 heavy (non-hydrogen) atoms. The number of nitrogens with one attached hydrogen (secondary N) is 1. The molecule has 1 rings (SSSR count). The quantitative estimate of drug-likeness (QED) is 0.574. The molecule has 1 N–H and O–H groups in total. The highest BCUT2D eigenvalue weighted by molar-refractivity contribution is 7.09. The third kappa shape index (κ3) is 4.26. The number of hydrogen-bond acceptors (Lipinski definition) is 6. The highest BCUT2D eigenvalue weighted by Crippen LogP contribution is 2.10. The van der Waals surface area contributed by atoms with E-state index in [2.05, 4.69) is 15.0 Å². The van der Waals surface area contributed by atoms with Crippen LogP contribution in [0.1, 0.15) is 21.9 Å². The van der Waals surface area contributed by atoms with Crippen LogP contribution < -0.4 is 5.32 Å². The summed E-state index contributed by atoms with van der Waals surface area (Å²) in [5, 5.41) is 5.82. The molecule has 0 spiro atoms. The lowest BCUT2D eigenvalue weighted by Gasteiger charge is -2.01. The van der Waals surface area contributed by atoms with E-state index in [0.29, 0.717) is 12.2 Å². The van der Waals surface area contributed by atoms with Gasteiger partial charge in [-0.3, -0.25) is 0 Å². The molecule has 0 unspecified atom stereocenters. The smallest absolute Gasteiger partial charge is 0.357 e. The lowest BCUT2D eigenvalue weighted by Crippen LogP contribution is -2.16. The van der Waals surface area contributed by atoms with Crippen LogP contribution in [0, 0.1) is 0 Å². The van der Waals surface area contributed by atoms with Gasteiger partial charge in [-0.05, 0) is 13.0 Å². The van der Waals surface area contributed by atoms with E-state index in [9.17, 15) is 4.79 Å². The van der Waals surface area contributed by atoms with Gasteiger partial charge in [0.05, 0.1) is 7.11 Å². The number of rotatable bonds is 7. The number of aromatic nitrogens is 1. The summed E-state index contributed by atoms with van der Waals surface area (Å²) in [7, 11) is 3.04. The summed E-state index contributed by atoms with van der Waals surface area (Å²) in [6, 6.07) is 0. The molecule has 1 aromatic rings. The molecule has 90 valence electrons. The normalized spacial score (nSPS) is 10.4. The molecule has 0 atom stereocenters. The topological polar surface area (TPSA) is 60.5 Å². The average Bonchev–Trinajstić information content (AvgIpc) is 2.76. The predicted molar refractivity (Wildman–Crippen MR) is 61.7 cm³/mol. The van der Waals surface area contributed by atoms with Crippen LogP contribution in [0.3, 0.4) is 0 Å². The van der Waals surface area contributed by atoms with E-state index in [1.54, 1.807) is 12.5 Å². The molecular formula is C10H16N2O3S. The first-order valence-electron chi connectivity index (χ1n) is 5.00. The third-order valence-electron chi connectivity index (χ3n) is 1.92. The lowest BCUT2D eigenvalue weighted by atomic mass is 10.4. The molecule has 0 aliphatic carbocycles. The summed E-state index contributed by atoms with van der Waals surface area (Å²) < 4.78 is 9.51. The van der Waals surface area contributed by atoms with E-state index in [1.807, 2.05) is 0 Å². The Balaban J connectivity index is 2.27. The summed E-state index contributed by atoms with van der Waals surface area (Å²) in [5.41, 5.74) is 0.376. The van der Waals surface area contributed by atoms with Crippen LogP contribution in [0.5, 0.6) is 0 Å². The highest BCUT2D eigenvalue weighted by atomic mass is 32.1. The van der Waals surface area contributed by atoms with Crippen LogP contribution >= 0.6 is 11.3 Å². The second kappa shape index (κ2) is 7.32. The number of thiazole rings is 1. The van der Waals surface area contributed by atoms with Crippen molar-refractivity contribution >= 4 is 17.3 Å². The number of nitrogens with zero attached hydrogens (tertiary/aromatic N) is 1. The Kier molecular flexibility index (Phi) is 5.99. The molecule has 0 bridgehead atoms. The zero-order chi connectivity index (χ0) is 11.8. The van der Waals surface area contributed by atoms with E-state index in [-0.39, 0.29) is 5.97 Å². The molecular weight excluding hydrogens is 228 g/mol. The molecule has 0 radical (unpaired) electrons. The third-order valence-corrected chi connectivity index (χ3v) is 2.77. The maximum atomic E-state index is 11.1. The van der Waals surface area contributed by atoms with Crippen LogP contribution in [0.2, 0.25) is 0 Å². The summed E-state index contributed by atoms with van der Waals surface area (Å²) >= 11 is 1.45. The van der Waals surface area contributed by atoms with Crippen LogP contribution in [0.25, 0.3) is 0 Å². The Labute approximate surface area is 98.8 Å². The fourth-order valence-corrected chi connectivity index (χ4v) is 1.86. The Bertz CT molecular complexity index is 328. The van der Waals surface area contributed by atoms with Gasteiger partial charge in [-0.2, -0.15) is 0 Å². The Morgan fingerprint density at radius 2 is 2.38 bits per heavy atom. The number of carbonyl (C=O) groups is 1. The Morgan fingerprint density at radius 3 is 3.06 bits per heavy atom. The second-order valence-electron chi connectivity index (χ2n) is 3.14. The molecule has 1 heterocycles. The summed E-state index contributed by atoms with van der Waals surface area (Å²) in [6.45, 7) is 2.30. The van der Waals surface area contributed by atoms with Crippen molar-refractivity contribution in [1.29, 1.82) is 0 Å². The molecule has 0 aliphatic rings. The van der Waals surface area contributed by atoms with Crippen molar-refractivity contribution in [3.63, 3.8) is 0 Å². The van der Waals surface area contributed by atoms with Gasteiger partial charge in [-0.15, -0.1) is 11.3 Å². The predicted octanol–water partition coefficient (Wildman–Crippen LogP) is 1.06. The minimum atomic E-state index is -0.387. The van der Waals surface area contributed by atoms with Crippen molar-refractivity contribution in [2.75, 3.05) is 27.4 Å². The summed E-state index contributed by atoms with van der Waals surface area (Å²) in [6.07, 6.45) is 0.964. The van der Waals surface area contributed by atoms with Crippen LogP contribution in [0.15, 0.2) is 5.38 Å². The van der Waals surface area contributed by atoms with Gasteiger partial charge in [-0.25, -0.2) is 9.78 Å². The molecule has 0 saturated carbocycles. The minimum Gasteiger partial charge on any atom is -0.464 e.